The van der Waals surface area contributed by atoms with Crippen LogP contribution in [0.1, 0.15) is 30.9 Å². The molecule has 1 rings (SSSR count). The van der Waals surface area contributed by atoms with Crippen molar-refractivity contribution in [2.75, 3.05) is 0 Å². The van der Waals surface area contributed by atoms with E-state index in [0.717, 1.165) is 19.4 Å². The first-order valence-corrected chi connectivity index (χ1v) is 5.37. The Morgan fingerprint density at radius 3 is 3.00 bits per heavy atom. The van der Waals surface area contributed by atoms with Crippen LogP contribution in [0, 0.1) is 19.3 Å². The van der Waals surface area contributed by atoms with Crippen LogP contribution >= 0.6 is 0 Å². The lowest BCUT2D eigenvalue weighted by Gasteiger charge is -2.12. The van der Waals surface area contributed by atoms with Crippen molar-refractivity contribution in [2.24, 2.45) is 0 Å². The third-order valence-corrected chi connectivity index (χ3v) is 2.46. The molecular formula is C13H18N2. The van der Waals surface area contributed by atoms with Gasteiger partial charge in [-0.05, 0) is 30.5 Å². The van der Waals surface area contributed by atoms with Crippen LogP contribution in [-0.2, 0) is 6.54 Å². The fourth-order valence-corrected chi connectivity index (χ4v) is 1.45. The Labute approximate surface area is 92.1 Å². The van der Waals surface area contributed by atoms with Gasteiger partial charge in [-0.15, -0.1) is 6.42 Å². The normalized spacial score (nSPS) is 12.1. The first-order valence-electron chi connectivity index (χ1n) is 5.37. The fourth-order valence-electron chi connectivity index (χ4n) is 1.45. The smallest absolute Gasteiger partial charge is 0.0689 e. The zero-order chi connectivity index (χ0) is 11.1. The van der Waals surface area contributed by atoms with Crippen molar-refractivity contribution in [2.45, 2.75) is 39.3 Å². The number of hydrogen-bond donors (Lipinski definition) is 1. The third kappa shape index (κ3) is 3.73. The molecule has 1 atom stereocenters. The fraction of sp³-hybridized carbons (Fsp3) is 0.462. The number of hydrogen-bond acceptors (Lipinski definition) is 2. The summed E-state index contributed by atoms with van der Waals surface area (Å²) in [6, 6.07) is 2.19. The van der Waals surface area contributed by atoms with E-state index in [1.165, 1.54) is 11.1 Å². The summed E-state index contributed by atoms with van der Waals surface area (Å²) in [5.41, 5.74) is 2.47. The molecule has 2 heteroatoms. The molecule has 0 saturated heterocycles. The van der Waals surface area contributed by atoms with Crippen LogP contribution in [0.15, 0.2) is 18.5 Å². The molecule has 1 N–H and O–H groups in total. The highest BCUT2D eigenvalue weighted by atomic mass is 14.9. The van der Waals surface area contributed by atoms with E-state index in [4.69, 9.17) is 6.42 Å². The summed E-state index contributed by atoms with van der Waals surface area (Å²) in [5.74, 6) is 2.76. The minimum atomic E-state index is 0.176. The second-order valence-electron chi connectivity index (χ2n) is 3.69. The Morgan fingerprint density at radius 1 is 1.60 bits per heavy atom. The number of aromatic nitrogens is 1. The molecule has 0 bridgehead atoms. The number of pyridine rings is 1. The van der Waals surface area contributed by atoms with E-state index in [0.29, 0.717) is 0 Å². The Kier molecular flexibility index (Phi) is 4.86. The summed E-state index contributed by atoms with van der Waals surface area (Å²) in [5, 5.41) is 3.35. The predicted molar refractivity (Wildman–Crippen MR) is 63.3 cm³/mol. The van der Waals surface area contributed by atoms with E-state index in [9.17, 15) is 0 Å². The zero-order valence-corrected chi connectivity index (χ0v) is 9.46. The van der Waals surface area contributed by atoms with E-state index in [1.54, 1.807) is 0 Å². The van der Waals surface area contributed by atoms with Crippen molar-refractivity contribution in [3.05, 3.63) is 29.6 Å². The predicted octanol–water partition coefficient (Wildman–Crippen LogP) is 2.28. The van der Waals surface area contributed by atoms with Crippen LogP contribution < -0.4 is 5.32 Å². The summed E-state index contributed by atoms with van der Waals surface area (Å²) in [6.45, 7) is 5.03. The zero-order valence-electron chi connectivity index (χ0n) is 9.46. The molecule has 1 unspecified atom stereocenters. The Balaban J connectivity index is 2.50. The van der Waals surface area contributed by atoms with Gasteiger partial charge in [0.1, 0.15) is 0 Å². The molecule has 0 radical (unpaired) electrons. The second kappa shape index (κ2) is 6.21. The van der Waals surface area contributed by atoms with Crippen molar-refractivity contribution in [3.63, 3.8) is 0 Å². The number of nitrogens with zero attached hydrogens (tertiary/aromatic N) is 1. The van der Waals surface area contributed by atoms with E-state index < -0.39 is 0 Å². The molecule has 80 valence electrons. The Bertz CT molecular complexity index is 339. The van der Waals surface area contributed by atoms with Crippen LogP contribution in [0.5, 0.6) is 0 Å². The highest BCUT2D eigenvalue weighted by Gasteiger charge is 2.03. The maximum atomic E-state index is 5.43. The van der Waals surface area contributed by atoms with Gasteiger partial charge < -0.3 is 0 Å². The summed E-state index contributed by atoms with van der Waals surface area (Å²) in [4.78, 5) is 4.10. The quantitative estimate of drug-likeness (QED) is 0.741. The van der Waals surface area contributed by atoms with Gasteiger partial charge in [-0.1, -0.05) is 19.3 Å². The molecule has 0 spiro atoms. The maximum absolute atomic E-state index is 5.43. The largest absolute Gasteiger partial charge is 0.300 e. The molecular weight excluding hydrogens is 184 g/mol. The van der Waals surface area contributed by atoms with Crippen molar-refractivity contribution < 1.29 is 0 Å². The van der Waals surface area contributed by atoms with Gasteiger partial charge in [0.05, 0.1) is 6.04 Å². The van der Waals surface area contributed by atoms with Crippen molar-refractivity contribution in [3.8, 4) is 12.3 Å². The lowest BCUT2D eigenvalue weighted by molar-refractivity contribution is 0.561. The van der Waals surface area contributed by atoms with Crippen molar-refractivity contribution in [1.82, 2.24) is 10.3 Å². The molecule has 15 heavy (non-hydrogen) atoms. The lowest BCUT2D eigenvalue weighted by atomic mass is 10.1. The molecule has 0 aliphatic carbocycles. The minimum Gasteiger partial charge on any atom is -0.300 e. The molecule has 1 aromatic heterocycles. The Morgan fingerprint density at radius 2 is 2.40 bits per heavy atom. The van der Waals surface area contributed by atoms with Gasteiger partial charge >= 0.3 is 0 Å². The molecule has 0 aromatic carbocycles. The molecule has 0 saturated carbocycles. The molecule has 2 nitrogen and oxygen atoms in total. The van der Waals surface area contributed by atoms with E-state index in [-0.39, 0.29) is 6.04 Å². The average Bonchev–Trinajstić information content (AvgIpc) is 2.26. The van der Waals surface area contributed by atoms with E-state index >= 15 is 0 Å². The van der Waals surface area contributed by atoms with Crippen LogP contribution in [0.25, 0.3) is 0 Å². The maximum Gasteiger partial charge on any atom is 0.0689 e. The second-order valence-corrected chi connectivity index (χ2v) is 3.69. The van der Waals surface area contributed by atoms with Crippen LogP contribution in [-0.4, -0.2) is 11.0 Å². The Hall–Kier alpha value is -1.33. The number of aryl methyl sites for hydroxylation is 1. The third-order valence-electron chi connectivity index (χ3n) is 2.46. The number of nitrogens with one attached hydrogen (secondary N) is 1. The molecule has 0 fully saturated rings. The van der Waals surface area contributed by atoms with Gasteiger partial charge in [0.15, 0.2) is 0 Å². The highest BCUT2D eigenvalue weighted by Crippen LogP contribution is 2.05. The summed E-state index contributed by atoms with van der Waals surface area (Å²) >= 11 is 0. The van der Waals surface area contributed by atoms with Gasteiger partial charge in [0.25, 0.3) is 0 Å². The molecule has 1 aromatic rings. The first-order chi connectivity index (χ1) is 7.27. The average molecular weight is 202 g/mol. The first kappa shape index (κ1) is 11.7. The number of terminal acetylenes is 1. The van der Waals surface area contributed by atoms with E-state index in [2.05, 4.69) is 30.1 Å². The summed E-state index contributed by atoms with van der Waals surface area (Å²) in [6.07, 6.45) is 11.3. The molecule has 1 heterocycles. The molecule has 0 amide bonds. The lowest BCUT2D eigenvalue weighted by Crippen LogP contribution is -2.27. The van der Waals surface area contributed by atoms with Crippen LogP contribution in [0.4, 0.5) is 0 Å². The van der Waals surface area contributed by atoms with Gasteiger partial charge in [0.2, 0.25) is 0 Å². The van der Waals surface area contributed by atoms with Gasteiger partial charge in [-0.25, -0.2) is 0 Å². The van der Waals surface area contributed by atoms with Crippen molar-refractivity contribution >= 4 is 0 Å². The topological polar surface area (TPSA) is 24.9 Å². The minimum absolute atomic E-state index is 0.176. The van der Waals surface area contributed by atoms with Crippen LogP contribution in [0.2, 0.25) is 0 Å². The van der Waals surface area contributed by atoms with Gasteiger partial charge in [0, 0.05) is 18.9 Å². The number of rotatable bonds is 5. The molecule has 0 aliphatic heterocycles. The summed E-state index contributed by atoms with van der Waals surface area (Å²) < 4.78 is 0. The monoisotopic (exact) mass is 202 g/mol. The van der Waals surface area contributed by atoms with Gasteiger partial charge in [-0.2, -0.15) is 0 Å². The van der Waals surface area contributed by atoms with Crippen LogP contribution in [0.3, 0.4) is 0 Å². The van der Waals surface area contributed by atoms with E-state index in [1.807, 2.05) is 18.5 Å². The van der Waals surface area contributed by atoms with Crippen molar-refractivity contribution in [1.29, 1.82) is 0 Å². The SMILES string of the molecule is C#CC(CCC)NCc1cnccc1C. The highest BCUT2D eigenvalue weighted by molar-refractivity contribution is 5.21. The molecule has 0 aliphatic rings. The summed E-state index contributed by atoms with van der Waals surface area (Å²) in [7, 11) is 0. The standard InChI is InChI=1S/C13H18N2/c1-4-6-13(5-2)15-10-12-9-14-8-7-11(12)3/h2,7-9,13,15H,4,6,10H2,1,3H3. The van der Waals surface area contributed by atoms with Gasteiger partial charge in [-0.3, -0.25) is 10.3 Å².